The second-order valence-electron chi connectivity index (χ2n) is 6.51. The lowest BCUT2D eigenvalue weighted by Crippen LogP contribution is -2.48. The Hall–Kier alpha value is -0.640. The summed E-state index contributed by atoms with van der Waals surface area (Å²) in [6, 6.07) is 5.73. The summed E-state index contributed by atoms with van der Waals surface area (Å²) in [5.41, 5.74) is 2.02. The van der Waals surface area contributed by atoms with Gasteiger partial charge in [0.1, 0.15) is 5.82 Å². The summed E-state index contributed by atoms with van der Waals surface area (Å²) >= 11 is 0. The predicted molar refractivity (Wildman–Crippen MR) is 85.0 cm³/mol. The molecule has 1 aromatic carbocycles. The first-order chi connectivity index (χ1) is 8.91. The Bertz CT molecular complexity index is 437. The number of hydrogen-bond acceptors (Lipinski definition) is 2. The van der Waals surface area contributed by atoms with E-state index in [1.54, 1.807) is 6.07 Å². The molecule has 0 aromatic heterocycles. The zero-order chi connectivity index (χ0) is 14.0. The molecule has 114 valence electrons. The zero-order valence-electron chi connectivity index (χ0n) is 12.9. The molecular formula is C16H26ClFN2. The van der Waals surface area contributed by atoms with Gasteiger partial charge in [0.25, 0.3) is 0 Å². The van der Waals surface area contributed by atoms with Crippen molar-refractivity contribution < 1.29 is 4.39 Å². The van der Waals surface area contributed by atoms with E-state index < -0.39 is 0 Å². The van der Waals surface area contributed by atoms with Crippen molar-refractivity contribution in [2.75, 3.05) is 26.2 Å². The molecule has 20 heavy (non-hydrogen) atoms. The van der Waals surface area contributed by atoms with Crippen LogP contribution in [-0.2, 0) is 0 Å². The van der Waals surface area contributed by atoms with Crippen LogP contribution in [0.1, 0.15) is 37.9 Å². The second kappa shape index (κ2) is 6.88. The number of halogens is 2. The van der Waals surface area contributed by atoms with Crippen molar-refractivity contribution in [3.8, 4) is 0 Å². The first kappa shape index (κ1) is 17.4. The summed E-state index contributed by atoms with van der Waals surface area (Å²) in [6.45, 7) is 12.7. The van der Waals surface area contributed by atoms with Crippen LogP contribution in [0.5, 0.6) is 0 Å². The SMILES string of the molecule is Cc1c(F)cccc1[C@@H](N1CCNCC1)C(C)(C)C.Cl. The van der Waals surface area contributed by atoms with E-state index in [0.29, 0.717) is 0 Å². The third-order valence-corrected chi connectivity index (χ3v) is 3.94. The van der Waals surface area contributed by atoms with Crippen molar-refractivity contribution in [3.63, 3.8) is 0 Å². The second-order valence-corrected chi connectivity index (χ2v) is 6.51. The van der Waals surface area contributed by atoms with Crippen molar-refractivity contribution in [1.82, 2.24) is 10.2 Å². The highest BCUT2D eigenvalue weighted by Crippen LogP contribution is 2.39. The molecule has 0 unspecified atom stereocenters. The highest BCUT2D eigenvalue weighted by atomic mass is 35.5. The Morgan fingerprint density at radius 2 is 1.80 bits per heavy atom. The van der Waals surface area contributed by atoms with Gasteiger partial charge in [0.15, 0.2) is 0 Å². The molecule has 1 aromatic rings. The molecule has 1 saturated heterocycles. The average molecular weight is 301 g/mol. The Kier molecular flexibility index (Phi) is 5.99. The van der Waals surface area contributed by atoms with Crippen molar-refractivity contribution in [1.29, 1.82) is 0 Å². The van der Waals surface area contributed by atoms with Gasteiger partial charge in [-0.2, -0.15) is 0 Å². The molecule has 1 aliphatic heterocycles. The number of rotatable bonds is 2. The highest BCUT2D eigenvalue weighted by molar-refractivity contribution is 5.85. The van der Waals surface area contributed by atoms with Gasteiger partial charge in [0.2, 0.25) is 0 Å². The van der Waals surface area contributed by atoms with Gasteiger partial charge in [-0.25, -0.2) is 4.39 Å². The molecule has 0 radical (unpaired) electrons. The minimum Gasteiger partial charge on any atom is -0.314 e. The molecule has 1 fully saturated rings. The summed E-state index contributed by atoms with van der Waals surface area (Å²) < 4.78 is 13.9. The van der Waals surface area contributed by atoms with Gasteiger partial charge in [-0.15, -0.1) is 12.4 Å². The fourth-order valence-electron chi connectivity index (χ4n) is 3.07. The summed E-state index contributed by atoms with van der Waals surface area (Å²) in [6.07, 6.45) is 0. The lowest BCUT2D eigenvalue weighted by molar-refractivity contribution is 0.0855. The van der Waals surface area contributed by atoms with Crippen LogP contribution < -0.4 is 5.32 Å². The molecule has 0 amide bonds. The van der Waals surface area contributed by atoms with Gasteiger partial charge in [0.05, 0.1) is 0 Å². The van der Waals surface area contributed by atoms with E-state index in [0.717, 1.165) is 37.3 Å². The van der Waals surface area contributed by atoms with E-state index in [1.807, 2.05) is 13.0 Å². The van der Waals surface area contributed by atoms with Crippen LogP contribution in [0.15, 0.2) is 18.2 Å². The summed E-state index contributed by atoms with van der Waals surface area (Å²) in [5.74, 6) is -0.0955. The first-order valence-electron chi connectivity index (χ1n) is 7.11. The largest absolute Gasteiger partial charge is 0.314 e. The lowest BCUT2D eigenvalue weighted by atomic mass is 9.79. The van der Waals surface area contributed by atoms with Crippen molar-refractivity contribution in [2.24, 2.45) is 5.41 Å². The van der Waals surface area contributed by atoms with Gasteiger partial charge >= 0.3 is 0 Å². The normalized spacial score (nSPS) is 18.4. The van der Waals surface area contributed by atoms with Crippen LogP contribution in [-0.4, -0.2) is 31.1 Å². The summed E-state index contributed by atoms with van der Waals surface area (Å²) in [5, 5.41) is 3.38. The quantitative estimate of drug-likeness (QED) is 0.898. The van der Waals surface area contributed by atoms with Gasteiger partial charge in [0, 0.05) is 32.2 Å². The van der Waals surface area contributed by atoms with E-state index in [4.69, 9.17) is 0 Å². The molecule has 1 atom stereocenters. The Labute approximate surface area is 128 Å². The minimum absolute atomic E-state index is 0. The maximum Gasteiger partial charge on any atom is 0.126 e. The molecule has 2 nitrogen and oxygen atoms in total. The molecule has 1 aliphatic rings. The highest BCUT2D eigenvalue weighted by Gasteiger charge is 2.33. The zero-order valence-corrected chi connectivity index (χ0v) is 13.7. The topological polar surface area (TPSA) is 15.3 Å². The van der Waals surface area contributed by atoms with Crippen molar-refractivity contribution >= 4 is 12.4 Å². The predicted octanol–water partition coefficient (Wildman–Crippen LogP) is 3.55. The number of nitrogens with one attached hydrogen (secondary N) is 1. The summed E-state index contributed by atoms with van der Waals surface area (Å²) in [7, 11) is 0. The van der Waals surface area contributed by atoms with Gasteiger partial charge < -0.3 is 5.32 Å². The number of nitrogens with zero attached hydrogens (tertiary/aromatic N) is 1. The van der Waals surface area contributed by atoms with E-state index in [1.165, 1.54) is 0 Å². The molecule has 2 rings (SSSR count). The van der Waals surface area contributed by atoms with E-state index in [9.17, 15) is 4.39 Å². The molecule has 4 heteroatoms. The number of piperazine rings is 1. The van der Waals surface area contributed by atoms with Gasteiger partial charge in [-0.1, -0.05) is 32.9 Å². The van der Waals surface area contributed by atoms with E-state index in [2.05, 4.69) is 37.1 Å². The standard InChI is InChI=1S/C16H25FN2.ClH/c1-12-13(6-5-7-14(12)17)15(16(2,3)4)19-10-8-18-9-11-19;/h5-7,15,18H,8-11H2,1-4H3;1H/t15-;/m1./s1. The summed E-state index contributed by atoms with van der Waals surface area (Å²) in [4.78, 5) is 2.48. The van der Waals surface area contributed by atoms with Crippen LogP contribution in [0, 0.1) is 18.2 Å². The van der Waals surface area contributed by atoms with Crippen LogP contribution in [0.25, 0.3) is 0 Å². The van der Waals surface area contributed by atoms with Crippen LogP contribution in [0.4, 0.5) is 4.39 Å². The van der Waals surface area contributed by atoms with Crippen LogP contribution >= 0.6 is 12.4 Å². The molecule has 1 heterocycles. The molecule has 0 bridgehead atoms. The lowest BCUT2D eigenvalue weighted by Gasteiger charge is -2.43. The molecule has 1 N–H and O–H groups in total. The van der Waals surface area contributed by atoms with Crippen LogP contribution in [0.3, 0.4) is 0 Å². The fraction of sp³-hybridized carbons (Fsp3) is 0.625. The Morgan fingerprint density at radius 1 is 1.20 bits per heavy atom. The van der Waals surface area contributed by atoms with E-state index >= 15 is 0 Å². The monoisotopic (exact) mass is 300 g/mol. The van der Waals surface area contributed by atoms with Gasteiger partial charge in [-0.3, -0.25) is 4.90 Å². The smallest absolute Gasteiger partial charge is 0.126 e. The number of benzene rings is 1. The molecular weight excluding hydrogens is 275 g/mol. The van der Waals surface area contributed by atoms with Crippen LogP contribution in [0.2, 0.25) is 0 Å². The average Bonchev–Trinajstić information content (AvgIpc) is 2.35. The third kappa shape index (κ3) is 3.72. The van der Waals surface area contributed by atoms with Crippen molar-refractivity contribution in [3.05, 3.63) is 35.1 Å². The van der Waals surface area contributed by atoms with Crippen molar-refractivity contribution in [2.45, 2.75) is 33.7 Å². The van der Waals surface area contributed by atoms with E-state index in [-0.39, 0.29) is 29.7 Å². The van der Waals surface area contributed by atoms with Gasteiger partial charge in [-0.05, 0) is 29.5 Å². The molecule has 0 saturated carbocycles. The first-order valence-corrected chi connectivity index (χ1v) is 7.11. The Morgan fingerprint density at radius 3 is 2.35 bits per heavy atom. The third-order valence-electron chi connectivity index (χ3n) is 3.94. The molecule has 0 spiro atoms. The fourth-order valence-corrected chi connectivity index (χ4v) is 3.07. The Balaban J connectivity index is 0.00000200. The maximum atomic E-state index is 13.9. The number of hydrogen-bond donors (Lipinski definition) is 1. The minimum atomic E-state index is -0.0955. The maximum absolute atomic E-state index is 13.9. The molecule has 0 aliphatic carbocycles.